The molecular formula is C11H12ClN3S. The van der Waals surface area contributed by atoms with Gasteiger partial charge < -0.3 is 10.7 Å². The molecule has 16 heavy (non-hydrogen) atoms. The van der Waals surface area contributed by atoms with Crippen LogP contribution in [0.2, 0.25) is 0 Å². The molecule has 0 aliphatic heterocycles. The molecule has 0 aliphatic carbocycles. The smallest absolute Gasteiger partial charge is 0.166 e. The fourth-order valence-electron chi connectivity index (χ4n) is 1.29. The number of nitrogens with one attached hydrogen (secondary N) is 1. The Morgan fingerprint density at radius 1 is 1.62 bits per heavy atom. The Morgan fingerprint density at radius 2 is 2.44 bits per heavy atom. The summed E-state index contributed by atoms with van der Waals surface area (Å²) in [6.07, 6.45) is 0. The predicted octanol–water partition coefficient (Wildman–Crippen LogP) is 3.38. The fraction of sp³-hybridized carbons (Fsp3) is 0.182. The summed E-state index contributed by atoms with van der Waals surface area (Å²) in [4.78, 5) is 7.66. The number of aromatic amines is 1. The van der Waals surface area contributed by atoms with Crippen molar-refractivity contribution < 1.29 is 0 Å². The molecule has 0 fully saturated rings. The molecule has 1 aromatic carbocycles. The third kappa shape index (κ3) is 2.51. The van der Waals surface area contributed by atoms with Crippen molar-refractivity contribution in [2.24, 2.45) is 0 Å². The van der Waals surface area contributed by atoms with Crippen LogP contribution in [0, 0.1) is 0 Å². The highest BCUT2D eigenvalue weighted by Gasteiger charge is 2.03. The standard InChI is InChI=1S/C11H12ClN3S/c1-7(5-12)6-16-11-14-9-3-2-8(13)4-10(9)15-11/h2-5H,6,13H2,1H3,(H,14,15)/b7-5-. The normalized spacial score (nSPS) is 12.2. The molecule has 1 heterocycles. The van der Waals surface area contributed by atoms with Gasteiger partial charge in [0.1, 0.15) is 0 Å². The second-order valence-electron chi connectivity index (χ2n) is 3.56. The summed E-state index contributed by atoms with van der Waals surface area (Å²) in [7, 11) is 0. The molecule has 0 saturated heterocycles. The van der Waals surface area contributed by atoms with Crippen molar-refractivity contribution >= 4 is 40.1 Å². The molecule has 0 amide bonds. The number of nitrogens with zero attached hydrogens (tertiary/aromatic N) is 1. The number of benzene rings is 1. The van der Waals surface area contributed by atoms with Crippen LogP contribution in [0.5, 0.6) is 0 Å². The fourth-order valence-corrected chi connectivity index (χ4v) is 2.25. The van der Waals surface area contributed by atoms with Crippen LogP contribution >= 0.6 is 23.4 Å². The quantitative estimate of drug-likeness (QED) is 0.651. The topological polar surface area (TPSA) is 54.7 Å². The highest BCUT2D eigenvalue weighted by Crippen LogP contribution is 2.22. The number of aromatic nitrogens is 2. The van der Waals surface area contributed by atoms with E-state index in [-0.39, 0.29) is 0 Å². The van der Waals surface area contributed by atoms with E-state index in [1.807, 2.05) is 25.1 Å². The van der Waals surface area contributed by atoms with Crippen LogP contribution in [0.3, 0.4) is 0 Å². The zero-order valence-electron chi connectivity index (χ0n) is 8.83. The minimum atomic E-state index is 0.740. The Kier molecular flexibility index (Phi) is 3.41. The molecule has 3 N–H and O–H groups in total. The van der Waals surface area contributed by atoms with Crippen LogP contribution in [0.4, 0.5) is 5.69 Å². The van der Waals surface area contributed by atoms with Gasteiger partial charge in [0.2, 0.25) is 0 Å². The second kappa shape index (κ2) is 4.80. The van der Waals surface area contributed by atoms with Crippen LogP contribution in [-0.4, -0.2) is 15.7 Å². The maximum absolute atomic E-state index is 5.70. The van der Waals surface area contributed by atoms with Gasteiger partial charge in [0.15, 0.2) is 5.16 Å². The van der Waals surface area contributed by atoms with E-state index in [0.717, 1.165) is 33.2 Å². The molecule has 5 heteroatoms. The second-order valence-corrected chi connectivity index (χ2v) is 4.74. The van der Waals surface area contributed by atoms with Gasteiger partial charge in [-0.25, -0.2) is 4.98 Å². The van der Waals surface area contributed by atoms with Gasteiger partial charge in [-0.15, -0.1) is 0 Å². The monoisotopic (exact) mass is 253 g/mol. The number of nitrogen functional groups attached to an aromatic ring is 1. The molecule has 0 saturated carbocycles. The summed E-state index contributed by atoms with van der Waals surface area (Å²) >= 11 is 7.22. The molecule has 0 radical (unpaired) electrons. The van der Waals surface area contributed by atoms with E-state index in [4.69, 9.17) is 17.3 Å². The highest BCUT2D eigenvalue weighted by molar-refractivity contribution is 7.99. The lowest BCUT2D eigenvalue weighted by Crippen LogP contribution is -1.82. The molecule has 0 unspecified atom stereocenters. The first-order chi connectivity index (χ1) is 7.69. The largest absolute Gasteiger partial charge is 0.399 e. The van der Waals surface area contributed by atoms with Gasteiger partial charge >= 0.3 is 0 Å². The van der Waals surface area contributed by atoms with Gasteiger partial charge in [-0.2, -0.15) is 0 Å². The Morgan fingerprint density at radius 3 is 3.19 bits per heavy atom. The first kappa shape index (κ1) is 11.4. The molecular weight excluding hydrogens is 242 g/mol. The number of rotatable bonds is 3. The summed E-state index contributed by atoms with van der Waals surface area (Å²) in [6, 6.07) is 5.65. The Balaban J connectivity index is 2.20. The lowest BCUT2D eigenvalue weighted by atomic mass is 10.3. The molecule has 84 valence electrons. The zero-order valence-corrected chi connectivity index (χ0v) is 10.4. The molecule has 2 rings (SSSR count). The molecule has 1 aromatic heterocycles. The van der Waals surface area contributed by atoms with Crippen LogP contribution in [0.1, 0.15) is 6.92 Å². The number of hydrogen-bond donors (Lipinski definition) is 2. The van der Waals surface area contributed by atoms with Gasteiger partial charge in [0.05, 0.1) is 11.0 Å². The van der Waals surface area contributed by atoms with E-state index in [1.54, 1.807) is 17.3 Å². The van der Waals surface area contributed by atoms with E-state index in [1.165, 1.54) is 0 Å². The summed E-state index contributed by atoms with van der Waals surface area (Å²) in [5, 5.41) is 0.887. The maximum Gasteiger partial charge on any atom is 0.166 e. The minimum absolute atomic E-state index is 0.740. The van der Waals surface area contributed by atoms with Crippen molar-refractivity contribution in [3.8, 4) is 0 Å². The third-order valence-corrected chi connectivity index (χ3v) is 3.55. The van der Waals surface area contributed by atoms with E-state index in [0.29, 0.717) is 0 Å². The van der Waals surface area contributed by atoms with E-state index in [9.17, 15) is 0 Å². The summed E-state index contributed by atoms with van der Waals surface area (Å²) < 4.78 is 0. The van der Waals surface area contributed by atoms with Crippen molar-refractivity contribution in [2.75, 3.05) is 11.5 Å². The van der Waals surface area contributed by atoms with Crippen LogP contribution in [0.25, 0.3) is 11.0 Å². The van der Waals surface area contributed by atoms with Gasteiger partial charge in [0.25, 0.3) is 0 Å². The van der Waals surface area contributed by atoms with Crippen molar-refractivity contribution in [3.63, 3.8) is 0 Å². The third-order valence-electron chi connectivity index (χ3n) is 2.11. The summed E-state index contributed by atoms with van der Waals surface area (Å²) in [5.41, 5.74) is 11.0. The van der Waals surface area contributed by atoms with Crippen LogP contribution in [-0.2, 0) is 0 Å². The molecule has 0 aliphatic rings. The van der Waals surface area contributed by atoms with E-state index >= 15 is 0 Å². The van der Waals surface area contributed by atoms with Gasteiger partial charge in [-0.05, 0) is 25.1 Å². The summed E-state index contributed by atoms with van der Waals surface area (Å²) in [6.45, 7) is 1.99. The number of thioether (sulfide) groups is 1. The lowest BCUT2D eigenvalue weighted by molar-refractivity contribution is 1.08. The number of anilines is 1. The van der Waals surface area contributed by atoms with Crippen molar-refractivity contribution in [1.29, 1.82) is 0 Å². The highest BCUT2D eigenvalue weighted by atomic mass is 35.5. The Bertz CT molecular complexity index is 533. The number of imidazole rings is 1. The minimum Gasteiger partial charge on any atom is -0.399 e. The van der Waals surface area contributed by atoms with Gasteiger partial charge in [-0.1, -0.05) is 28.9 Å². The predicted molar refractivity (Wildman–Crippen MR) is 70.8 cm³/mol. The average molecular weight is 254 g/mol. The number of nitrogens with two attached hydrogens (primary N) is 1. The first-order valence-corrected chi connectivity index (χ1v) is 6.25. The number of halogens is 1. The number of H-pyrrole nitrogens is 1. The first-order valence-electron chi connectivity index (χ1n) is 4.83. The van der Waals surface area contributed by atoms with Crippen LogP contribution in [0.15, 0.2) is 34.5 Å². The Labute approximate surface area is 103 Å². The van der Waals surface area contributed by atoms with E-state index in [2.05, 4.69) is 9.97 Å². The molecule has 2 aromatic rings. The average Bonchev–Trinajstić information content (AvgIpc) is 2.67. The van der Waals surface area contributed by atoms with Crippen molar-refractivity contribution in [1.82, 2.24) is 9.97 Å². The lowest BCUT2D eigenvalue weighted by Gasteiger charge is -1.95. The summed E-state index contributed by atoms with van der Waals surface area (Å²) in [5.74, 6) is 0.832. The maximum atomic E-state index is 5.70. The van der Waals surface area contributed by atoms with Gasteiger partial charge in [0, 0.05) is 17.0 Å². The molecule has 3 nitrogen and oxygen atoms in total. The van der Waals surface area contributed by atoms with Crippen molar-refractivity contribution in [3.05, 3.63) is 29.3 Å². The van der Waals surface area contributed by atoms with Crippen LogP contribution < -0.4 is 5.73 Å². The van der Waals surface area contributed by atoms with Crippen molar-refractivity contribution in [2.45, 2.75) is 12.1 Å². The number of fused-ring (bicyclic) bond motifs is 1. The zero-order chi connectivity index (χ0) is 11.5. The molecule has 0 spiro atoms. The SMILES string of the molecule is C/C(=C/Cl)CSc1nc2ccc(N)cc2[nH]1. The van der Waals surface area contributed by atoms with E-state index < -0.39 is 0 Å². The molecule has 0 atom stereocenters. The Hall–Kier alpha value is -1.13. The molecule has 0 bridgehead atoms. The number of hydrogen-bond acceptors (Lipinski definition) is 3. The van der Waals surface area contributed by atoms with Gasteiger partial charge in [-0.3, -0.25) is 0 Å².